The third kappa shape index (κ3) is 34.0. The number of hydrogen-bond acceptors (Lipinski definition) is 31. The Morgan fingerprint density at radius 2 is 0.969 bits per heavy atom. The molecule has 0 aromatic rings. The van der Waals surface area contributed by atoms with Crippen molar-refractivity contribution >= 4 is 65.8 Å². The van der Waals surface area contributed by atoms with Crippen molar-refractivity contribution in [1.82, 2.24) is 47.0 Å². The minimum atomic E-state index is -3.96. The molecule has 16 unspecified atom stereocenters. The summed E-state index contributed by atoms with van der Waals surface area (Å²) in [5, 5.41) is 120. The zero-order valence-electron chi connectivity index (χ0n) is 56.3. The molecule has 38 nitrogen and oxygen atoms in total. The van der Waals surface area contributed by atoms with Gasteiger partial charge in [-0.3, -0.25) is 43.3 Å². The first-order chi connectivity index (χ1) is 46.3. The average molecular weight is 1460 g/mol. The predicted octanol–water partition coefficient (Wildman–Crippen LogP) is -9.34. The van der Waals surface area contributed by atoms with Crippen LogP contribution >= 0.6 is 6.72 Å². The number of carbonyl (C=O) groups is 8. The van der Waals surface area contributed by atoms with Crippen LogP contribution in [0.5, 0.6) is 0 Å². The molecule has 0 aromatic heterocycles. The summed E-state index contributed by atoms with van der Waals surface area (Å²) >= 11 is 4.87. The lowest BCUT2D eigenvalue weighted by molar-refractivity contribution is -0.272. The minimum absolute atomic E-state index is 0.000985. The number of ether oxygens (including phenoxy) is 8. The topological polar surface area (TPSA) is 545 Å². The molecule has 0 aromatic carbocycles. The van der Waals surface area contributed by atoms with Crippen molar-refractivity contribution in [2.45, 2.75) is 184 Å². The average Bonchev–Trinajstić information content (AvgIpc) is 0.825. The lowest BCUT2D eigenvalue weighted by Crippen LogP contribution is -2.64. The first-order valence-corrected chi connectivity index (χ1v) is 34.9. The highest BCUT2D eigenvalue weighted by molar-refractivity contribution is 8.06. The summed E-state index contributed by atoms with van der Waals surface area (Å²) < 4.78 is 55.3. The summed E-state index contributed by atoms with van der Waals surface area (Å²) in [4.78, 5) is 118. The molecular weight excluding hydrogens is 1350 g/mol. The number of amides is 8. The second kappa shape index (κ2) is 46.2. The van der Waals surface area contributed by atoms with E-state index in [1.54, 1.807) is 20.8 Å². The summed E-state index contributed by atoms with van der Waals surface area (Å²) in [7, 11) is 0. The van der Waals surface area contributed by atoms with Gasteiger partial charge in [-0.1, -0.05) is 11.8 Å². The highest BCUT2D eigenvalue weighted by atomic mass is 32.5. The number of nitrogens with one attached hydrogen (secondary N) is 7. The van der Waals surface area contributed by atoms with Crippen molar-refractivity contribution in [3.8, 4) is 0 Å². The van der Waals surface area contributed by atoms with E-state index >= 15 is 0 Å². The molecule has 568 valence electrons. The molecule has 0 aliphatic carbocycles. The first-order valence-electron chi connectivity index (χ1n) is 32.4. The normalized spacial score (nSPS) is 26.7. The van der Waals surface area contributed by atoms with Crippen molar-refractivity contribution in [3.63, 3.8) is 0 Å². The van der Waals surface area contributed by atoms with Gasteiger partial charge in [-0.05, 0) is 46.5 Å². The van der Waals surface area contributed by atoms with E-state index in [2.05, 4.69) is 37.2 Å². The van der Waals surface area contributed by atoms with E-state index in [9.17, 15) is 94.3 Å². The van der Waals surface area contributed by atoms with Crippen LogP contribution in [-0.2, 0) is 97.1 Å². The van der Waals surface area contributed by atoms with Gasteiger partial charge in [0.1, 0.15) is 73.7 Å². The van der Waals surface area contributed by atoms with Gasteiger partial charge in [0.05, 0.1) is 116 Å². The molecule has 17 N–H and O–H groups in total. The predicted molar refractivity (Wildman–Crippen MR) is 340 cm³/mol. The van der Waals surface area contributed by atoms with E-state index in [0.29, 0.717) is 6.42 Å². The molecular formula is C58H105N9O29PS-. The SMILES string of the molecule is CC(=O)NC1C(CCCOCCNC(=O)CN(CCCN(CC(=O)NCCOCCOC2OC(CO)C(O)C(O)C2NC(C)=O)C(=O)CCCC(=O)NC[C@@H](O)COP([O-])(=S)OC(C)(C)C)CC(=O)NCCOCCOC2OC(CO)C(O)C(O)C2NC(C)=O)OC(CO)C(O)C1O. The molecule has 40 heteroatoms. The minimum Gasteiger partial charge on any atom is -0.780 e. The summed E-state index contributed by atoms with van der Waals surface area (Å²) in [6, 6.07) is -3.32. The fourth-order valence-corrected chi connectivity index (χ4v) is 12.2. The zero-order valence-corrected chi connectivity index (χ0v) is 58.0. The van der Waals surface area contributed by atoms with Gasteiger partial charge in [-0.25, -0.2) is 0 Å². The zero-order chi connectivity index (χ0) is 73.1. The van der Waals surface area contributed by atoms with Crippen LogP contribution in [0.4, 0.5) is 0 Å². The van der Waals surface area contributed by atoms with E-state index < -0.39 is 190 Å². The summed E-state index contributed by atoms with van der Waals surface area (Å²) in [6.07, 6.45) is -16.8. The molecule has 3 fully saturated rings. The van der Waals surface area contributed by atoms with Gasteiger partial charge in [0.25, 0.3) is 0 Å². The van der Waals surface area contributed by atoms with Crippen LogP contribution in [0.15, 0.2) is 0 Å². The maximum Gasteiger partial charge on any atom is 0.239 e. The van der Waals surface area contributed by atoms with Crippen molar-refractivity contribution in [2.24, 2.45) is 0 Å². The van der Waals surface area contributed by atoms with Gasteiger partial charge in [-0.15, -0.1) is 0 Å². The molecule has 3 heterocycles. The number of rotatable bonds is 47. The molecule has 98 heavy (non-hydrogen) atoms. The first kappa shape index (κ1) is 87.7. The van der Waals surface area contributed by atoms with Crippen LogP contribution in [0.25, 0.3) is 0 Å². The Labute approximate surface area is 573 Å². The van der Waals surface area contributed by atoms with Gasteiger partial charge in [0, 0.05) is 79.5 Å². The molecule has 8 amide bonds. The molecule has 3 rings (SSSR count). The summed E-state index contributed by atoms with van der Waals surface area (Å²) in [5.74, 6) is -4.37. The van der Waals surface area contributed by atoms with Crippen LogP contribution in [0, 0.1) is 0 Å². The largest absolute Gasteiger partial charge is 0.780 e. The molecule has 0 radical (unpaired) electrons. The maximum absolute atomic E-state index is 13.9. The van der Waals surface area contributed by atoms with E-state index in [1.807, 2.05) is 0 Å². The fourth-order valence-electron chi connectivity index (χ4n) is 10.2. The molecule has 0 bridgehead atoms. The maximum atomic E-state index is 13.9. The second-order valence-corrected chi connectivity index (χ2v) is 27.1. The third-order valence-corrected chi connectivity index (χ3v) is 16.6. The molecule has 3 aliphatic rings. The third-order valence-electron chi connectivity index (χ3n) is 14.9. The van der Waals surface area contributed by atoms with Crippen molar-refractivity contribution in [3.05, 3.63) is 0 Å². The Hall–Kier alpha value is -4.47. The van der Waals surface area contributed by atoms with E-state index in [4.69, 9.17) is 58.7 Å². The van der Waals surface area contributed by atoms with Crippen molar-refractivity contribution in [1.29, 1.82) is 0 Å². The molecule has 17 atom stereocenters. The second-order valence-electron chi connectivity index (χ2n) is 24.4. The quantitative estimate of drug-likeness (QED) is 0.0199. The summed E-state index contributed by atoms with van der Waals surface area (Å²) in [6.45, 7) is 0.0799. The number of aliphatic hydroxyl groups excluding tert-OH is 10. The van der Waals surface area contributed by atoms with Crippen molar-refractivity contribution < 1.29 is 141 Å². The summed E-state index contributed by atoms with van der Waals surface area (Å²) in [5.41, 5.74) is -0.895. The Kier molecular flexibility index (Phi) is 41.4. The van der Waals surface area contributed by atoms with Crippen LogP contribution in [0.3, 0.4) is 0 Å². The standard InChI is InChI=1S/C58H106N9O29PS/c1-34(71)63-47-38(93-39(30-68)50(80)53(47)83)10-8-18-87-19-13-59-43(76)27-66(28-44(77)60-14-20-88-22-24-90-56-48(64-35(2)72)54(84)51(81)40(31-69)94-56)16-9-17-67(46(79)12-7-11-42(75)62-26-37(74)33-92-97(86,98)96-58(4,5)6)29-45(78)61-15-21-89-23-25-91-57-49(65-36(3)73)55(85)52(82)41(32-70)95-57/h37-41,47-57,68-70,74,80-85H,7-33H2,1-6H3,(H,59,76)(H,60,77)(H,61,78)(H,62,75)(H,63,71)(H,64,72)(H,65,73)(H,86,98)/p-1/t37-,38?,39?,40?,41?,47?,48?,49?,50?,51?,52?,53?,54?,55?,56?,57?,97?/m1/s1. The Balaban J connectivity index is 1.66. The fraction of sp³-hybridized carbons (Fsp3) is 0.862. The smallest absolute Gasteiger partial charge is 0.239 e. The van der Waals surface area contributed by atoms with Gasteiger partial charge >= 0.3 is 0 Å². The van der Waals surface area contributed by atoms with E-state index in [1.165, 1.54) is 30.6 Å². The molecule has 3 aliphatic heterocycles. The Morgan fingerprint density at radius 3 is 1.43 bits per heavy atom. The number of aliphatic hydroxyl groups is 10. The highest BCUT2D eigenvalue weighted by Gasteiger charge is 2.47. The van der Waals surface area contributed by atoms with E-state index in [0.717, 1.165) is 0 Å². The van der Waals surface area contributed by atoms with Gasteiger partial charge in [-0.2, -0.15) is 0 Å². The number of hydrogen-bond donors (Lipinski definition) is 17. The lowest BCUT2D eigenvalue weighted by Gasteiger charge is -2.42. The Morgan fingerprint density at radius 1 is 0.531 bits per heavy atom. The molecule has 0 spiro atoms. The Bertz CT molecular complexity index is 2390. The molecule has 0 saturated carbocycles. The van der Waals surface area contributed by atoms with Crippen LogP contribution in [0.1, 0.15) is 80.1 Å². The van der Waals surface area contributed by atoms with Crippen LogP contribution in [-0.4, -0.2) is 350 Å². The number of carbonyl (C=O) groups excluding carboxylic acids is 8. The van der Waals surface area contributed by atoms with Gasteiger partial charge < -0.3 is 145 Å². The molecule has 3 saturated heterocycles. The van der Waals surface area contributed by atoms with E-state index in [-0.39, 0.29) is 137 Å². The van der Waals surface area contributed by atoms with Gasteiger partial charge in [0.2, 0.25) is 47.3 Å². The monoisotopic (exact) mass is 1450 g/mol. The van der Waals surface area contributed by atoms with Gasteiger partial charge in [0.15, 0.2) is 12.6 Å². The van der Waals surface area contributed by atoms with Crippen LogP contribution < -0.4 is 42.1 Å². The number of nitrogens with zero attached hydrogens (tertiary/aromatic N) is 2. The lowest BCUT2D eigenvalue weighted by atomic mass is 9.90. The van der Waals surface area contributed by atoms with Crippen LogP contribution in [0.2, 0.25) is 0 Å². The van der Waals surface area contributed by atoms with Crippen molar-refractivity contribution in [2.75, 3.05) is 138 Å². The highest BCUT2D eigenvalue weighted by Crippen LogP contribution is 2.43.